The Morgan fingerprint density at radius 3 is 2.38 bits per heavy atom. The van der Waals surface area contributed by atoms with Crippen molar-refractivity contribution in [3.8, 4) is 0 Å². The molecule has 8 heteroatoms. The number of anilines is 1. The summed E-state index contributed by atoms with van der Waals surface area (Å²) in [5, 5.41) is 0. The molecule has 118 valence electrons. The third-order valence-corrected chi connectivity index (χ3v) is 4.58. The van der Waals surface area contributed by atoms with Crippen LogP contribution in [0.4, 0.5) is 10.1 Å². The van der Waals surface area contributed by atoms with Gasteiger partial charge in [0.1, 0.15) is 5.82 Å². The van der Waals surface area contributed by atoms with E-state index in [0.29, 0.717) is 0 Å². The Bertz CT molecular complexity index is 621. The zero-order chi connectivity index (χ0) is 16.4. The van der Waals surface area contributed by atoms with Crippen molar-refractivity contribution in [1.29, 1.82) is 0 Å². The van der Waals surface area contributed by atoms with E-state index in [4.69, 9.17) is 11.5 Å². The van der Waals surface area contributed by atoms with Crippen LogP contribution in [0.5, 0.6) is 0 Å². The van der Waals surface area contributed by atoms with Crippen molar-refractivity contribution in [2.75, 3.05) is 18.8 Å². The lowest BCUT2D eigenvalue weighted by molar-refractivity contribution is -0.118. The van der Waals surface area contributed by atoms with Crippen LogP contribution in [-0.2, 0) is 14.8 Å². The van der Waals surface area contributed by atoms with Gasteiger partial charge >= 0.3 is 0 Å². The fourth-order valence-corrected chi connectivity index (χ4v) is 3.58. The first-order valence-electron chi connectivity index (χ1n) is 6.39. The number of nitrogens with two attached hydrogens (primary N) is 2. The minimum Gasteiger partial charge on any atom is -0.396 e. The monoisotopic (exact) mass is 317 g/mol. The molecule has 1 aromatic rings. The largest absolute Gasteiger partial charge is 0.396 e. The lowest BCUT2D eigenvalue weighted by Gasteiger charge is -2.23. The van der Waals surface area contributed by atoms with Crippen LogP contribution >= 0.6 is 0 Å². The molecule has 0 heterocycles. The van der Waals surface area contributed by atoms with Gasteiger partial charge in [-0.05, 0) is 30.5 Å². The predicted molar refractivity (Wildman–Crippen MR) is 78.3 cm³/mol. The minimum atomic E-state index is -3.97. The summed E-state index contributed by atoms with van der Waals surface area (Å²) in [6.07, 6.45) is 0. The number of halogens is 1. The summed E-state index contributed by atoms with van der Waals surface area (Å²) >= 11 is 0. The van der Waals surface area contributed by atoms with Gasteiger partial charge in [0.15, 0.2) is 0 Å². The van der Waals surface area contributed by atoms with Gasteiger partial charge in [0, 0.05) is 6.54 Å². The first-order chi connectivity index (χ1) is 9.55. The van der Waals surface area contributed by atoms with Crippen LogP contribution in [0.15, 0.2) is 17.0 Å². The van der Waals surface area contributed by atoms with Crippen molar-refractivity contribution in [3.05, 3.63) is 23.5 Å². The molecule has 0 spiro atoms. The van der Waals surface area contributed by atoms with Gasteiger partial charge in [-0.2, -0.15) is 4.31 Å². The molecule has 0 aliphatic rings. The maximum absolute atomic E-state index is 13.5. The number of primary amides is 1. The van der Waals surface area contributed by atoms with Gasteiger partial charge in [0.05, 0.1) is 17.1 Å². The Morgan fingerprint density at radius 1 is 1.38 bits per heavy atom. The van der Waals surface area contributed by atoms with E-state index in [9.17, 15) is 17.6 Å². The normalized spacial score (nSPS) is 12.1. The van der Waals surface area contributed by atoms with Crippen molar-refractivity contribution in [1.82, 2.24) is 4.31 Å². The number of nitrogens with zero attached hydrogens (tertiary/aromatic N) is 1. The maximum atomic E-state index is 13.5. The molecule has 1 rings (SSSR count). The van der Waals surface area contributed by atoms with Crippen LogP contribution in [0.1, 0.15) is 19.4 Å². The van der Waals surface area contributed by atoms with Gasteiger partial charge in [-0.1, -0.05) is 13.8 Å². The number of benzene rings is 1. The predicted octanol–water partition coefficient (Wildman–Crippen LogP) is 0.848. The Morgan fingerprint density at radius 2 is 1.95 bits per heavy atom. The van der Waals surface area contributed by atoms with E-state index in [1.165, 1.54) is 13.0 Å². The van der Waals surface area contributed by atoms with Crippen molar-refractivity contribution >= 4 is 21.6 Å². The summed E-state index contributed by atoms with van der Waals surface area (Å²) in [6.45, 7) is 4.74. The molecule has 0 aromatic heterocycles. The molecule has 21 heavy (non-hydrogen) atoms. The first-order valence-corrected chi connectivity index (χ1v) is 7.83. The molecular formula is C13H20FN3O3S. The lowest BCUT2D eigenvalue weighted by Crippen LogP contribution is -2.40. The van der Waals surface area contributed by atoms with E-state index in [2.05, 4.69) is 0 Å². The number of hydrogen-bond acceptors (Lipinski definition) is 4. The van der Waals surface area contributed by atoms with Crippen LogP contribution in [0.2, 0.25) is 0 Å². The number of amides is 1. The summed E-state index contributed by atoms with van der Waals surface area (Å²) in [7, 11) is -3.97. The molecule has 6 nitrogen and oxygen atoms in total. The SMILES string of the molecule is Cc1cc(S(=O)(=O)N(CC(N)=O)CC(C)C)cc(N)c1F. The molecule has 0 saturated heterocycles. The summed E-state index contributed by atoms with van der Waals surface area (Å²) in [6, 6.07) is 2.24. The Labute approximate surface area is 124 Å². The maximum Gasteiger partial charge on any atom is 0.243 e. The van der Waals surface area contributed by atoms with Crippen LogP contribution < -0.4 is 11.5 Å². The molecule has 1 amide bonds. The van der Waals surface area contributed by atoms with Gasteiger partial charge in [-0.25, -0.2) is 12.8 Å². The van der Waals surface area contributed by atoms with Crippen LogP contribution in [0.25, 0.3) is 0 Å². The van der Waals surface area contributed by atoms with Crippen LogP contribution in [-0.4, -0.2) is 31.7 Å². The van der Waals surface area contributed by atoms with Gasteiger partial charge in [-0.3, -0.25) is 4.79 Å². The lowest BCUT2D eigenvalue weighted by atomic mass is 10.2. The molecular weight excluding hydrogens is 297 g/mol. The third kappa shape index (κ3) is 4.15. The molecule has 0 unspecified atom stereocenters. The van der Waals surface area contributed by atoms with E-state index >= 15 is 0 Å². The molecule has 4 N–H and O–H groups in total. The Hall–Kier alpha value is -1.67. The number of nitrogen functional groups attached to an aromatic ring is 1. The first kappa shape index (κ1) is 17.4. The molecule has 0 bridgehead atoms. The molecule has 0 aliphatic heterocycles. The number of carbonyl (C=O) groups is 1. The Kier molecular flexibility index (Phi) is 5.30. The zero-order valence-corrected chi connectivity index (χ0v) is 13.1. The second-order valence-electron chi connectivity index (χ2n) is 5.30. The van der Waals surface area contributed by atoms with Gasteiger partial charge in [0.25, 0.3) is 0 Å². The number of hydrogen-bond donors (Lipinski definition) is 2. The number of rotatable bonds is 6. The summed E-state index contributed by atoms with van der Waals surface area (Å²) < 4.78 is 39.6. The highest BCUT2D eigenvalue weighted by Crippen LogP contribution is 2.24. The van der Waals surface area contributed by atoms with Crippen molar-refractivity contribution in [3.63, 3.8) is 0 Å². The standard InChI is InChI=1S/C13H20FN3O3S/c1-8(2)6-17(7-12(16)18)21(19,20)10-4-9(3)13(14)11(15)5-10/h4-5,8H,6-7,15H2,1-3H3,(H2,16,18). The van der Waals surface area contributed by atoms with E-state index in [0.717, 1.165) is 10.4 Å². The average molecular weight is 317 g/mol. The summed E-state index contributed by atoms with van der Waals surface area (Å²) in [4.78, 5) is 10.9. The molecule has 0 saturated carbocycles. The second-order valence-corrected chi connectivity index (χ2v) is 7.24. The minimum absolute atomic E-state index is 0.00184. The van der Waals surface area contributed by atoms with Crippen molar-refractivity contribution < 1.29 is 17.6 Å². The molecule has 0 aliphatic carbocycles. The van der Waals surface area contributed by atoms with Crippen molar-refractivity contribution in [2.24, 2.45) is 11.7 Å². The van der Waals surface area contributed by atoms with Crippen LogP contribution in [0, 0.1) is 18.7 Å². The summed E-state index contributed by atoms with van der Waals surface area (Å²) in [5.74, 6) is -1.41. The van der Waals surface area contributed by atoms with E-state index < -0.39 is 28.3 Å². The average Bonchev–Trinajstić information content (AvgIpc) is 2.33. The molecule has 0 fully saturated rings. The van der Waals surface area contributed by atoms with E-state index in [1.807, 2.05) is 13.8 Å². The quantitative estimate of drug-likeness (QED) is 0.758. The number of carbonyl (C=O) groups excluding carboxylic acids is 1. The van der Waals surface area contributed by atoms with Crippen molar-refractivity contribution in [2.45, 2.75) is 25.7 Å². The van der Waals surface area contributed by atoms with Crippen LogP contribution in [0.3, 0.4) is 0 Å². The Balaban J connectivity index is 3.31. The number of sulfonamides is 1. The third-order valence-electron chi connectivity index (χ3n) is 2.79. The molecule has 0 radical (unpaired) electrons. The van der Waals surface area contributed by atoms with Gasteiger partial charge in [0.2, 0.25) is 15.9 Å². The molecule has 0 atom stereocenters. The summed E-state index contributed by atoms with van der Waals surface area (Å²) in [5.41, 5.74) is 10.4. The van der Waals surface area contributed by atoms with E-state index in [1.54, 1.807) is 0 Å². The fraction of sp³-hybridized carbons (Fsp3) is 0.462. The highest BCUT2D eigenvalue weighted by molar-refractivity contribution is 7.89. The topological polar surface area (TPSA) is 106 Å². The smallest absolute Gasteiger partial charge is 0.243 e. The zero-order valence-electron chi connectivity index (χ0n) is 12.3. The van der Waals surface area contributed by atoms with Gasteiger partial charge in [-0.15, -0.1) is 0 Å². The highest BCUT2D eigenvalue weighted by atomic mass is 32.2. The highest BCUT2D eigenvalue weighted by Gasteiger charge is 2.27. The molecule has 1 aromatic carbocycles. The van der Waals surface area contributed by atoms with E-state index in [-0.39, 0.29) is 28.6 Å². The number of aryl methyl sites for hydroxylation is 1. The fourth-order valence-electron chi connectivity index (χ4n) is 1.89. The van der Waals surface area contributed by atoms with Gasteiger partial charge < -0.3 is 11.5 Å². The second kappa shape index (κ2) is 6.40.